The second kappa shape index (κ2) is 4.41. The SMILES string of the molecule is O=C1CCCC(c2ccccc2)CC1. The molecule has 1 aliphatic carbocycles. The second-order valence-corrected chi connectivity index (χ2v) is 4.08. The first-order chi connectivity index (χ1) is 6.86. The molecule has 1 aromatic carbocycles. The van der Waals surface area contributed by atoms with Crippen LogP contribution in [0.15, 0.2) is 30.3 Å². The van der Waals surface area contributed by atoms with Crippen molar-refractivity contribution in [1.29, 1.82) is 0 Å². The van der Waals surface area contributed by atoms with Crippen LogP contribution in [0.3, 0.4) is 0 Å². The summed E-state index contributed by atoms with van der Waals surface area (Å²) in [5.41, 5.74) is 1.40. The Morgan fingerprint density at radius 1 is 1.00 bits per heavy atom. The Morgan fingerprint density at radius 3 is 2.57 bits per heavy atom. The van der Waals surface area contributed by atoms with Gasteiger partial charge >= 0.3 is 0 Å². The maximum absolute atomic E-state index is 11.3. The molecule has 14 heavy (non-hydrogen) atoms. The maximum atomic E-state index is 11.3. The fourth-order valence-corrected chi connectivity index (χ4v) is 2.21. The van der Waals surface area contributed by atoms with Crippen LogP contribution in [-0.4, -0.2) is 5.78 Å². The van der Waals surface area contributed by atoms with E-state index in [0.717, 1.165) is 25.7 Å². The lowest BCUT2D eigenvalue weighted by molar-refractivity contribution is -0.118. The van der Waals surface area contributed by atoms with Gasteiger partial charge in [-0.05, 0) is 30.7 Å². The number of ketones is 1. The molecule has 1 aromatic rings. The molecule has 0 N–H and O–H groups in total. The number of benzene rings is 1. The molecule has 1 saturated carbocycles. The molecule has 1 fully saturated rings. The molecule has 0 aromatic heterocycles. The Bertz CT molecular complexity index is 302. The lowest BCUT2D eigenvalue weighted by atomic mass is 9.92. The van der Waals surface area contributed by atoms with Crippen LogP contribution in [-0.2, 0) is 4.79 Å². The minimum atomic E-state index is 0.448. The molecule has 0 saturated heterocycles. The van der Waals surface area contributed by atoms with E-state index in [1.165, 1.54) is 12.0 Å². The molecule has 2 rings (SSSR count). The van der Waals surface area contributed by atoms with Crippen LogP contribution in [0.2, 0.25) is 0 Å². The van der Waals surface area contributed by atoms with Gasteiger partial charge in [-0.3, -0.25) is 4.79 Å². The van der Waals surface area contributed by atoms with E-state index in [-0.39, 0.29) is 0 Å². The third-order valence-corrected chi connectivity index (χ3v) is 3.05. The molecule has 0 heterocycles. The molecule has 0 spiro atoms. The molecule has 1 atom stereocenters. The Kier molecular flexibility index (Phi) is 2.97. The zero-order valence-corrected chi connectivity index (χ0v) is 8.41. The van der Waals surface area contributed by atoms with Crippen LogP contribution in [0.5, 0.6) is 0 Å². The number of hydrogen-bond donors (Lipinski definition) is 0. The summed E-state index contributed by atoms with van der Waals surface area (Å²) in [5.74, 6) is 1.06. The van der Waals surface area contributed by atoms with Crippen LogP contribution in [0.1, 0.15) is 43.6 Å². The lowest BCUT2D eigenvalue weighted by Crippen LogP contribution is -1.97. The first-order valence-corrected chi connectivity index (χ1v) is 5.43. The average Bonchev–Trinajstić information content (AvgIpc) is 2.44. The van der Waals surface area contributed by atoms with Gasteiger partial charge in [-0.15, -0.1) is 0 Å². The summed E-state index contributed by atoms with van der Waals surface area (Å²) in [7, 11) is 0. The van der Waals surface area contributed by atoms with Gasteiger partial charge in [0.25, 0.3) is 0 Å². The highest BCUT2D eigenvalue weighted by Crippen LogP contribution is 2.29. The summed E-state index contributed by atoms with van der Waals surface area (Å²) in [6, 6.07) is 10.6. The first-order valence-electron chi connectivity index (χ1n) is 5.43. The second-order valence-electron chi connectivity index (χ2n) is 4.08. The zero-order chi connectivity index (χ0) is 9.80. The highest BCUT2D eigenvalue weighted by molar-refractivity contribution is 5.78. The molecule has 0 amide bonds. The van der Waals surface area contributed by atoms with Crippen LogP contribution >= 0.6 is 0 Å². The third-order valence-electron chi connectivity index (χ3n) is 3.05. The minimum Gasteiger partial charge on any atom is -0.300 e. The molecule has 0 radical (unpaired) electrons. The van der Waals surface area contributed by atoms with Crippen molar-refractivity contribution in [3.63, 3.8) is 0 Å². The summed E-state index contributed by atoms with van der Waals surface area (Å²) < 4.78 is 0. The largest absolute Gasteiger partial charge is 0.300 e. The van der Waals surface area contributed by atoms with E-state index in [0.29, 0.717) is 11.7 Å². The standard InChI is InChI=1S/C13H16O/c14-13-8-4-7-12(9-10-13)11-5-2-1-3-6-11/h1-3,5-6,12H,4,7-10H2. The summed E-state index contributed by atoms with van der Waals surface area (Å²) in [4.78, 5) is 11.3. The van der Waals surface area contributed by atoms with Crippen molar-refractivity contribution in [3.05, 3.63) is 35.9 Å². The van der Waals surface area contributed by atoms with Crippen molar-refractivity contribution in [3.8, 4) is 0 Å². The number of carbonyl (C=O) groups is 1. The molecular weight excluding hydrogens is 172 g/mol. The van der Waals surface area contributed by atoms with Gasteiger partial charge in [-0.1, -0.05) is 30.3 Å². The normalized spacial score (nSPS) is 23.1. The van der Waals surface area contributed by atoms with Gasteiger partial charge in [0.05, 0.1) is 0 Å². The number of rotatable bonds is 1. The summed E-state index contributed by atoms with van der Waals surface area (Å²) >= 11 is 0. The van der Waals surface area contributed by atoms with Gasteiger partial charge in [0.15, 0.2) is 0 Å². The zero-order valence-electron chi connectivity index (χ0n) is 8.41. The fourth-order valence-electron chi connectivity index (χ4n) is 2.21. The van der Waals surface area contributed by atoms with Gasteiger partial charge in [0.1, 0.15) is 5.78 Å². The molecule has 1 heteroatoms. The quantitative estimate of drug-likeness (QED) is 0.618. The molecule has 1 unspecified atom stereocenters. The van der Waals surface area contributed by atoms with E-state index in [9.17, 15) is 4.79 Å². The fraction of sp³-hybridized carbons (Fsp3) is 0.462. The molecule has 0 aliphatic heterocycles. The van der Waals surface area contributed by atoms with Crippen LogP contribution in [0.25, 0.3) is 0 Å². The molecule has 74 valence electrons. The summed E-state index contributed by atoms with van der Waals surface area (Å²) in [5, 5.41) is 0. The highest BCUT2D eigenvalue weighted by atomic mass is 16.1. The van der Waals surface area contributed by atoms with Gasteiger partial charge in [0, 0.05) is 12.8 Å². The predicted octanol–water partition coefficient (Wildman–Crippen LogP) is 3.30. The smallest absolute Gasteiger partial charge is 0.132 e. The van der Waals surface area contributed by atoms with Crippen LogP contribution in [0.4, 0.5) is 0 Å². The van der Waals surface area contributed by atoms with Crippen LogP contribution < -0.4 is 0 Å². The predicted molar refractivity (Wildman–Crippen MR) is 57.3 cm³/mol. The molecule has 0 bridgehead atoms. The van der Waals surface area contributed by atoms with E-state index in [1.807, 2.05) is 6.07 Å². The van der Waals surface area contributed by atoms with Crippen molar-refractivity contribution in [1.82, 2.24) is 0 Å². The number of hydrogen-bond acceptors (Lipinski definition) is 1. The molecular formula is C13H16O. The monoisotopic (exact) mass is 188 g/mol. The van der Waals surface area contributed by atoms with Crippen molar-refractivity contribution in [2.75, 3.05) is 0 Å². The van der Waals surface area contributed by atoms with E-state index >= 15 is 0 Å². The Labute approximate surface area is 85.1 Å². The minimum absolute atomic E-state index is 0.448. The lowest BCUT2D eigenvalue weighted by Gasteiger charge is -2.13. The Hall–Kier alpha value is -1.11. The molecule has 1 nitrogen and oxygen atoms in total. The first kappa shape index (κ1) is 9.45. The number of Topliss-reactive ketones (excluding diaryl/α,β-unsaturated/α-hetero) is 1. The van der Waals surface area contributed by atoms with Gasteiger partial charge in [-0.25, -0.2) is 0 Å². The highest BCUT2D eigenvalue weighted by Gasteiger charge is 2.17. The van der Waals surface area contributed by atoms with Crippen molar-refractivity contribution in [2.45, 2.75) is 38.0 Å². The molecule has 1 aliphatic rings. The third kappa shape index (κ3) is 2.22. The van der Waals surface area contributed by atoms with Gasteiger partial charge < -0.3 is 0 Å². The van der Waals surface area contributed by atoms with Crippen molar-refractivity contribution in [2.24, 2.45) is 0 Å². The van der Waals surface area contributed by atoms with E-state index in [4.69, 9.17) is 0 Å². The van der Waals surface area contributed by atoms with Gasteiger partial charge in [0.2, 0.25) is 0 Å². The van der Waals surface area contributed by atoms with Gasteiger partial charge in [-0.2, -0.15) is 0 Å². The summed E-state index contributed by atoms with van der Waals surface area (Å²) in [6.07, 6.45) is 4.86. The van der Waals surface area contributed by atoms with Crippen molar-refractivity contribution < 1.29 is 4.79 Å². The van der Waals surface area contributed by atoms with E-state index in [1.54, 1.807) is 0 Å². The number of carbonyl (C=O) groups excluding carboxylic acids is 1. The summed E-state index contributed by atoms with van der Waals surface area (Å²) in [6.45, 7) is 0. The van der Waals surface area contributed by atoms with E-state index < -0.39 is 0 Å². The Balaban J connectivity index is 2.08. The Morgan fingerprint density at radius 2 is 1.79 bits per heavy atom. The topological polar surface area (TPSA) is 17.1 Å². The maximum Gasteiger partial charge on any atom is 0.132 e. The van der Waals surface area contributed by atoms with E-state index in [2.05, 4.69) is 24.3 Å². The average molecular weight is 188 g/mol. The van der Waals surface area contributed by atoms with Crippen molar-refractivity contribution >= 4 is 5.78 Å². The van der Waals surface area contributed by atoms with Crippen LogP contribution in [0, 0.1) is 0 Å².